The number of halogens is 1. The summed E-state index contributed by atoms with van der Waals surface area (Å²) in [5.74, 6) is -0.178. The van der Waals surface area contributed by atoms with Crippen molar-refractivity contribution >= 4 is 0 Å². The van der Waals surface area contributed by atoms with Gasteiger partial charge in [0.25, 0.3) is 0 Å². The molecule has 2 N–H and O–H groups in total. The van der Waals surface area contributed by atoms with Crippen LogP contribution in [0.25, 0.3) is 0 Å². The predicted molar refractivity (Wildman–Crippen MR) is 43.9 cm³/mol. The fraction of sp³-hybridized carbons (Fsp3) is 0.333. The Morgan fingerprint density at radius 1 is 1.45 bits per heavy atom. The average Bonchev–Trinajstić information content (AvgIpc) is 1.95. The molecule has 60 valence electrons. The molecule has 1 rings (SSSR count). The summed E-state index contributed by atoms with van der Waals surface area (Å²) in [6, 6.07) is 4.79. The van der Waals surface area contributed by atoms with E-state index in [1.807, 2.05) is 6.92 Å². The average molecular weight is 153 g/mol. The summed E-state index contributed by atoms with van der Waals surface area (Å²) < 4.78 is 12.6. The van der Waals surface area contributed by atoms with E-state index >= 15 is 0 Å². The van der Waals surface area contributed by atoms with E-state index in [-0.39, 0.29) is 5.82 Å². The Kier molecular flexibility index (Phi) is 2.60. The maximum atomic E-state index is 12.6. The molecule has 1 aromatic carbocycles. The smallest absolute Gasteiger partial charge is 0.123 e. The van der Waals surface area contributed by atoms with Crippen LogP contribution in [-0.4, -0.2) is 6.54 Å². The zero-order valence-corrected chi connectivity index (χ0v) is 6.60. The monoisotopic (exact) mass is 153 g/mol. The number of nitrogens with two attached hydrogens (primary N) is 1. The highest BCUT2D eigenvalue weighted by molar-refractivity contribution is 5.26. The SMILES string of the molecule is Cc1cc(F)ccc1CCN. The van der Waals surface area contributed by atoms with Gasteiger partial charge in [-0.05, 0) is 43.1 Å². The van der Waals surface area contributed by atoms with Gasteiger partial charge in [-0.3, -0.25) is 0 Å². The van der Waals surface area contributed by atoms with Gasteiger partial charge < -0.3 is 5.73 Å². The third kappa shape index (κ3) is 2.02. The molecular formula is C9H12FN. The summed E-state index contributed by atoms with van der Waals surface area (Å²) in [6.07, 6.45) is 0.826. The molecule has 1 aromatic rings. The van der Waals surface area contributed by atoms with Gasteiger partial charge in [0.1, 0.15) is 5.82 Å². The summed E-state index contributed by atoms with van der Waals surface area (Å²) in [4.78, 5) is 0. The van der Waals surface area contributed by atoms with Gasteiger partial charge in [0.15, 0.2) is 0 Å². The molecule has 0 aliphatic rings. The first-order chi connectivity index (χ1) is 5.24. The van der Waals surface area contributed by atoms with Gasteiger partial charge in [-0.25, -0.2) is 4.39 Å². The highest BCUT2D eigenvalue weighted by Crippen LogP contribution is 2.09. The van der Waals surface area contributed by atoms with Crippen LogP contribution in [0.4, 0.5) is 4.39 Å². The molecule has 0 radical (unpaired) electrons. The number of hydrogen-bond acceptors (Lipinski definition) is 1. The van der Waals surface area contributed by atoms with E-state index in [9.17, 15) is 4.39 Å². The summed E-state index contributed by atoms with van der Waals surface area (Å²) in [5.41, 5.74) is 7.49. The standard InChI is InChI=1S/C9H12FN/c1-7-6-9(10)3-2-8(7)4-5-11/h2-3,6H,4-5,11H2,1H3. The van der Waals surface area contributed by atoms with E-state index in [1.54, 1.807) is 6.07 Å². The predicted octanol–water partition coefficient (Wildman–Crippen LogP) is 1.64. The van der Waals surface area contributed by atoms with Crippen molar-refractivity contribution in [3.05, 3.63) is 35.1 Å². The van der Waals surface area contributed by atoms with Crippen LogP contribution in [0.1, 0.15) is 11.1 Å². The van der Waals surface area contributed by atoms with E-state index in [1.165, 1.54) is 12.1 Å². The Bertz CT molecular complexity index is 245. The largest absolute Gasteiger partial charge is 0.330 e. The molecule has 0 atom stereocenters. The Morgan fingerprint density at radius 2 is 2.18 bits per heavy atom. The van der Waals surface area contributed by atoms with Crippen LogP contribution in [-0.2, 0) is 6.42 Å². The topological polar surface area (TPSA) is 26.0 Å². The lowest BCUT2D eigenvalue weighted by molar-refractivity contribution is 0.625. The van der Waals surface area contributed by atoms with E-state index in [0.717, 1.165) is 17.5 Å². The van der Waals surface area contributed by atoms with Crippen molar-refractivity contribution in [1.29, 1.82) is 0 Å². The van der Waals surface area contributed by atoms with E-state index < -0.39 is 0 Å². The fourth-order valence-electron chi connectivity index (χ4n) is 1.10. The van der Waals surface area contributed by atoms with Gasteiger partial charge in [-0.15, -0.1) is 0 Å². The van der Waals surface area contributed by atoms with E-state index in [2.05, 4.69) is 0 Å². The van der Waals surface area contributed by atoms with Crippen molar-refractivity contribution < 1.29 is 4.39 Å². The van der Waals surface area contributed by atoms with Crippen molar-refractivity contribution in [3.63, 3.8) is 0 Å². The van der Waals surface area contributed by atoms with Crippen LogP contribution in [0.3, 0.4) is 0 Å². The zero-order valence-electron chi connectivity index (χ0n) is 6.60. The first-order valence-electron chi connectivity index (χ1n) is 3.69. The second kappa shape index (κ2) is 3.49. The molecule has 0 amide bonds. The lowest BCUT2D eigenvalue weighted by Gasteiger charge is -2.02. The van der Waals surface area contributed by atoms with Gasteiger partial charge in [0.2, 0.25) is 0 Å². The van der Waals surface area contributed by atoms with Crippen LogP contribution in [0.15, 0.2) is 18.2 Å². The van der Waals surface area contributed by atoms with Crippen LogP contribution in [0.5, 0.6) is 0 Å². The molecule has 0 aliphatic carbocycles. The third-order valence-electron chi connectivity index (χ3n) is 1.72. The van der Waals surface area contributed by atoms with E-state index in [4.69, 9.17) is 5.73 Å². The van der Waals surface area contributed by atoms with Crippen molar-refractivity contribution in [1.82, 2.24) is 0 Å². The van der Waals surface area contributed by atoms with Gasteiger partial charge >= 0.3 is 0 Å². The second-order valence-corrected chi connectivity index (χ2v) is 2.61. The highest BCUT2D eigenvalue weighted by Gasteiger charge is 1.97. The minimum atomic E-state index is -0.178. The van der Waals surface area contributed by atoms with Crippen molar-refractivity contribution in [2.24, 2.45) is 5.73 Å². The summed E-state index contributed by atoms with van der Waals surface area (Å²) in [7, 11) is 0. The first-order valence-corrected chi connectivity index (χ1v) is 3.69. The van der Waals surface area contributed by atoms with Crippen molar-refractivity contribution in [2.75, 3.05) is 6.54 Å². The Morgan fingerprint density at radius 3 is 2.73 bits per heavy atom. The number of benzene rings is 1. The summed E-state index contributed by atoms with van der Waals surface area (Å²) in [5, 5.41) is 0. The third-order valence-corrected chi connectivity index (χ3v) is 1.72. The van der Waals surface area contributed by atoms with Gasteiger partial charge in [-0.1, -0.05) is 6.07 Å². The minimum Gasteiger partial charge on any atom is -0.330 e. The van der Waals surface area contributed by atoms with Gasteiger partial charge in [0, 0.05) is 0 Å². The van der Waals surface area contributed by atoms with E-state index in [0.29, 0.717) is 6.54 Å². The number of aryl methyl sites for hydroxylation is 1. The molecule has 0 bridgehead atoms. The Balaban J connectivity index is 2.90. The maximum absolute atomic E-state index is 12.6. The first kappa shape index (κ1) is 8.21. The summed E-state index contributed by atoms with van der Waals surface area (Å²) >= 11 is 0. The minimum absolute atomic E-state index is 0.178. The molecule has 1 nitrogen and oxygen atoms in total. The van der Waals surface area contributed by atoms with Crippen molar-refractivity contribution in [2.45, 2.75) is 13.3 Å². The number of rotatable bonds is 2. The molecule has 0 unspecified atom stereocenters. The Labute approximate surface area is 66.0 Å². The molecule has 0 saturated heterocycles. The zero-order chi connectivity index (χ0) is 8.27. The van der Waals surface area contributed by atoms with Crippen LogP contribution in [0.2, 0.25) is 0 Å². The van der Waals surface area contributed by atoms with Crippen molar-refractivity contribution in [3.8, 4) is 0 Å². The maximum Gasteiger partial charge on any atom is 0.123 e. The number of hydrogen-bond donors (Lipinski definition) is 1. The van der Waals surface area contributed by atoms with Crippen LogP contribution >= 0.6 is 0 Å². The Hall–Kier alpha value is -0.890. The van der Waals surface area contributed by atoms with Gasteiger partial charge in [-0.2, -0.15) is 0 Å². The molecule has 0 saturated carbocycles. The molecule has 0 aromatic heterocycles. The van der Waals surface area contributed by atoms with Gasteiger partial charge in [0.05, 0.1) is 0 Å². The van der Waals surface area contributed by atoms with Crippen LogP contribution < -0.4 is 5.73 Å². The molecule has 0 aliphatic heterocycles. The molecule has 2 heteroatoms. The quantitative estimate of drug-likeness (QED) is 0.686. The fourth-order valence-corrected chi connectivity index (χ4v) is 1.10. The molecule has 0 heterocycles. The van der Waals surface area contributed by atoms with Crippen LogP contribution in [0, 0.1) is 12.7 Å². The molecule has 0 fully saturated rings. The molecular weight excluding hydrogens is 141 g/mol. The summed E-state index contributed by atoms with van der Waals surface area (Å²) in [6.45, 7) is 2.51. The lowest BCUT2D eigenvalue weighted by Crippen LogP contribution is -2.04. The highest BCUT2D eigenvalue weighted by atomic mass is 19.1. The lowest BCUT2D eigenvalue weighted by atomic mass is 10.1. The molecule has 0 spiro atoms. The normalized spacial score (nSPS) is 10.1. The molecule has 11 heavy (non-hydrogen) atoms. The second-order valence-electron chi connectivity index (χ2n) is 2.61.